The largest absolute Gasteiger partial charge is 1.00 e. The molecule has 0 spiro atoms. The molecule has 4 aromatic rings. The van der Waals surface area contributed by atoms with Crippen molar-refractivity contribution in [3.63, 3.8) is 0 Å². The zero-order chi connectivity index (χ0) is 32.3. The molecule has 0 N–H and O–H groups in total. The maximum Gasteiger partial charge on any atom is -1.00 e. The molecule has 2 unspecified atom stereocenters. The first kappa shape index (κ1) is 37.6. The molecule has 0 aromatic heterocycles. The summed E-state index contributed by atoms with van der Waals surface area (Å²) >= 11 is -1.03. The molecule has 0 nitrogen and oxygen atoms in total. The van der Waals surface area contributed by atoms with E-state index in [1.165, 1.54) is 44.5 Å². The van der Waals surface area contributed by atoms with E-state index in [4.69, 9.17) is 0 Å². The zero-order valence-electron chi connectivity index (χ0n) is 29.8. The quantitative estimate of drug-likeness (QED) is 0.209. The predicted octanol–water partition coefficient (Wildman–Crippen LogP) is 6.59. The van der Waals surface area contributed by atoms with Gasteiger partial charge in [-0.2, -0.15) is 0 Å². The van der Waals surface area contributed by atoms with E-state index in [1.54, 1.807) is 22.3 Å². The first-order valence-electron chi connectivity index (χ1n) is 16.9. The summed E-state index contributed by atoms with van der Waals surface area (Å²) < 4.78 is 1.16. The molecule has 0 fully saturated rings. The zero-order valence-corrected chi connectivity index (χ0v) is 33.8. The van der Waals surface area contributed by atoms with E-state index in [0.29, 0.717) is 19.1 Å². The van der Waals surface area contributed by atoms with Crippen LogP contribution in [0, 0.1) is 11.8 Å². The van der Waals surface area contributed by atoms with Crippen molar-refractivity contribution in [3.05, 3.63) is 129 Å². The number of rotatable bonds is 6. The Kier molecular flexibility index (Phi) is 11.5. The van der Waals surface area contributed by atoms with Crippen LogP contribution >= 0.6 is 0 Å². The molecule has 0 aliphatic heterocycles. The fraction of sp³-hybridized carbons (Fsp3) is 0.364. The Balaban J connectivity index is 0.00000250. The summed E-state index contributed by atoms with van der Waals surface area (Å²) in [5.41, 5.74) is 18.1. The normalized spacial score (nSPS) is 16.9. The topological polar surface area (TPSA) is 0 Å². The SMILES string of the molecule is CC(C)C1=Cc2c(-c3ccccc3C(C)(C)C)cccc2[CH]1[Zr+2][CH]1C(C(C)C)=Cc2c(-c3ccccc3C(C)(C)C)cccc21.[Cl-].[Cl-]. The molecule has 0 heterocycles. The van der Waals surface area contributed by atoms with E-state index in [0.717, 1.165) is 0 Å². The van der Waals surface area contributed by atoms with Gasteiger partial charge in [-0.25, -0.2) is 0 Å². The van der Waals surface area contributed by atoms with E-state index in [9.17, 15) is 0 Å². The predicted molar refractivity (Wildman–Crippen MR) is 192 cm³/mol. The van der Waals surface area contributed by atoms with Crippen molar-refractivity contribution in [2.24, 2.45) is 11.8 Å². The van der Waals surface area contributed by atoms with Crippen molar-refractivity contribution in [1.29, 1.82) is 0 Å². The van der Waals surface area contributed by atoms with Gasteiger partial charge in [0.15, 0.2) is 0 Å². The molecule has 2 aliphatic rings. The summed E-state index contributed by atoms with van der Waals surface area (Å²) in [5.74, 6) is 1.07. The minimum Gasteiger partial charge on any atom is -1.00 e. The van der Waals surface area contributed by atoms with Crippen molar-refractivity contribution in [2.45, 2.75) is 87.3 Å². The van der Waals surface area contributed by atoms with Gasteiger partial charge in [-0.1, -0.05) is 0 Å². The van der Waals surface area contributed by atoms with Gasteiger partial charge >= 0.3 is 286 Å². The third-order valence-corrected chi connectivity index (χ3v) is 14.7. The number of fused-ring (bicyclic) bond motifs is 2. The van der Waals surface area contributed by atoms with Crippen LogP contribution in [0.2, 0.25) is 0 Å². The Morgan fingerprint density at radius 1 is 0.468 bits per heavy atom. The van der Waals surface area contributed by atoms with Crippen molar-refractivity contribution < 1.29 is 48.0 Å². The van der Waals surface area contributed by atoms with Gasteiger partial charge in [0.2, 0.25) is 0 Å². The maximum atomic E-state index is 2.60. The third-order valence-electron chi connectivity index (χ3n) is 9.91. The first-order chi connectivity index (χ1) is 21.3. The second kappa shape index (κ2) is 14.4. The van der Waals surface area contributed by atoms with E-state index in [2.05, 4.69) is 166 Å². The van der Waals surface area contributed by atoms with Crippen LogP contribution < -0.4 is 24.8 Å². The standard InChI is InChI=1S/2C22H25.2ClH.Zr/c2*1-15(2)17-13-16-9-8-11-18(20(16)14-17)19-10-6-7-12-21(19)22(3,4)5;;;/h2*6-15H,1-5H3;2*1H;/q;;;;+2/p-2. The van der Waals surface area contributed by atoms with Crippen LogP contribution in [-0.2, 0) is 34.1 Å². The average molecular weight is 741 g/mol. The van der Waals surface area contributed by atoms with E-state index in [1.807, 2.05) is 0 Å². The minimum atomic E-state index is -1.03. The summed E-state index contributed by atoms with van der Waals surface area (Å²) in [6.45, 7) is 23.7. The summed E-state index contributed by atoms with van der Waals surface area (Å²) in [5, 5.41) is 0. The molecule has 47 heavy (non-hydrogen) atoms. The van der Waals surface area contributed by atoms with Crippen LogP contribution in [0.15, 0.2) is 96.1 Å². The van der Waals surface area contributed by atoms with E-state index >= 15 is 0 Å². The number of hydrogen-bond donors (Lipinski definition) is 0. The second-order valence-electron chi connectivity index (χ2n) is 15.8. The maximum absolute atomic E-state index is 2.60. The Bertz CT molecular complexity index is 1680. The van der Waals surface area contributed by atoms with E-state index < -0.39 is 23.2 Å². The molecule has 0 bridgehead atoms. The Labute approximate surface area is 309 Å². The number of hydrogen-bond acceptors (Lipinski definition) is 0. The minimum absolute atomic E-state index is 0. The summed E-state index contributed by atoms with van der Waals surface area (Å²) in [6.07, 6.45) is 5.20. The van der Waals surface area contributed by atoms with Gasteiger partial charge in [-0.15, -0.1) is 0 Å². The molecule has 0 saturated heterocycles. The monoisotopic (exact) mass is 738 g/mol. The van der Waals surface area contributed by atoms with Crippen LogP contribution in [-0.4, -0.2) is 0 Å². The second-order valence-corrected chi connectivity index (χ2v) is 19.5. The van der Waals surface area contributed by atoms with Crippen LogP contribution in [0.3, 0.4) is 0 Å². The molecular formula is C44H50Cl2Zr. The Morgan fingerprint density at radius 2 is 0.809 bits per heavy atom. The molecule has 0 saturated carbocycles. The van der Waals surface area contributed by atoms with Gasteiger partial charge in [0.25, 0.3) is 0 Å². The van der Waals surface area contributed by atoms with Crippen LogP contribution in [0.5, 0.6) is 0 Å². The van der Waals surface area contributed by atoms with Gasteiger partial charge in [0.1, 0.15) is 0 Å². The molecule has 0 amide bonds. The van der Waals surface area contributed by atoms with Crippen molar-refractivity contribution >= 4 is 12.2 Å². The third kappa shape index (κ3) is 7.11. The molecule has 4 aromatic carbocycles. The van der Waals surface area contributed by atoms with Gasteiger partial charge in [0, 0.05) is 0 Å². The van der Waals surface area contributed by atoms with Gasteiger partial charge in [-0.05, 0) is 0 Å². The van der Waals surface area contributed by atoms with Crippen molar-refractivity contribution in [3.8, 4) is 22.3 Å². The first-order valence-corrected chi connectivity index (χ1v) is 19.8. The summed E-state index contributed by atoms with van der Waals surface area (Å²) in [6, 6.07) is 32.5. The smallest absolute Gasteiger partial charge is 1.00 e. The Hall–Kier alpha value is -2.18. The Morgan fingerprint density at radius 3 is 1.15 bits per heavy atom. The van der Waals surface area contributed by atoms with Crippen LogP contribution in [0.1, 0.15) is 110 Å². The molecule has 244 valence electrons. The molecule has 3 heteroatoms. The summed E-state index contributed by atoms with van der Waals surface area (Å²) in [4.78, 5) is 0. The molecular weight excluding hydrogens is 691 g/mol. The summed E-state index contributed by atoms with van der Waals surface area (Å²) in [7, 11) is 0. The van der Waals surface area contributed by atoms with Crippen LogP contribution in [0.4, 0.5) is 0 Å². The van der Waals surface area contributed by atoms with Gasteiger partial charge in [0.05, 0.1) is 0 Å². The molecule has 0 radical (unpaired) electrons. The molecule has 2 aliphatic carbocycles. The average Bonchev–Trinajstić information content (AvgIpc) is 3.55. The van der Waals surface area contributed by atoms with Crippen molar-refractivity contribution in [1.82, 2.24) is 0 Å². The van der Waals surface area contributed by atoms with Crippen molar-refractivity contribution in [2.75, 3.05) is 0 Å². The van der Waals surface area contributed by atoms with E-state index in [-0.39, 0.29) is 35.6 Å². The number of allylic oxidation sites excluding steroid dienone is 2. The van der Waals surface area contributed by atoms with Gasteiger partial charge < -0.3 is 24.8 Å². The fourth-order valence-corrected chi connectivity index (χ4v) is 13.5. The number of halogens is 2. The van der Waals surface area contributed by atoms with Crippen LogP contribution in [0.25, 0.3) is 34.4 Å². The van der Waals surface area contributed by atoms with Gasteiger partial charge in [-0.3, -0.25) is 0 Å². The molecule has 2 atom stereocenters. The molecule has 6 rings (SSSR count). The fourth-order valence-electron chi connectivity index (χ4n) is 7.60. The number of benzene rings is 4.